The minimum Gasteiger partial charge on any atom is -0.349 e. The van der Waals surface area contributed by atoms with E-state index < -0.39 is 0 Å². The van der Waals surface area contributed by atoms with E-state index >= 15 is 0 Å². The van der Waals surface area contributed by atoms with Crippen molar-refractivity contribution in [3.8, 4) is 0 Å². The van der Waals surface area contributed by atoms with Crippen LogP contribution in [-0.4, -0.2) is 11.9 Å². The average Bonchev–Trinajstić information content (AvgIpc) is 2.62. The van der Waals surface area contributed by atoms with Crippen molar-refractivity contribution < 1.29 is 4.79 Å². The number of rotatable bonds is 3. The lowest BCUT2D eigenvalue weighted by Crippen LogP contribution is -2.32. The van der Waals surface area contributed by atoms with Gasteiger partial charge in [-0.2, -0.15) is 0 Å². The van der Waals surface area contributed by atoms with Crippen molar-refractivity contribution >= 4 is 34.2 Å². The van der Waals surface area contributed by atoms with Crippen LogP contribution >= 0.6 is 28.3 Å². The Morgan fingerprint density at radius 2 is 2.33 bits per heavy atom. The van der Waals surface area contributed by atoms with Gasteiger partial charge in [0.25, 0.3) is 0 Å². The first kappa shape index (κ1) is 15.5. The predicted octanol–water partition coefficient (Wildman–Crippen LogP) is 2.71. The summed E-state index contributed by atoms with van der Waals surface area (Å²) in [6.45, 7) is 1.85. The number of fused-ring (bicyclic) bond motifs is 1. The van der Waals surface area contributed by atoms with Crippen LogP contribution < -0.4 is 11.1 Å². The molecule has 0 saturated carbocycles. The zero-order chi connectivity index (χ0) is 12.4. The Balaban J connectivity index is 0.00000162. The molecule has 0 aliphatic heterocycles. The lowest BCUT2D eigenvalue weighted by molar-refractivity contribution is -0.122. The Kier molecular flexibility index (Phi) is 5.63. The lowest BCUT2D eigenvalue weighted by atomic mass is 10.1. The standard InChI is InChI=1S/C13H17BrN2O.ClH/c1-8(15)7-13(17)16-12-6-5-9-10(12)3-2-4-11(9)14;/h2-4,8,12H,5-7,15H2,1H3,(H,16,17);1H. The number of nitrogens with one attached hydrogen (secondary N) is 1. The maximum atomic E-state index is 11.7. The van der Waals surface area contributed by atoms with Gasteiger partial charge >= 0.3 is 0 Å². The Labute approximate surface area is 122 Å². The number of amides is 1. The van der Waals surface area contributed by atoms with Gasteiger partial charge in [0.2, 0.25) is 5.91 Å². The van der Waals surface area contributed by atoms with E-state index in [1.165, 1.54) is 11.1 Å². The molecule has 1 aromatic rings. The van der Waals surface area contributed by atoms with Gasteiger partial charge in [-0.15, -0.1) is 12.4 Å². The van der Waals surface area contributed by atoms with E-state index in [4.69, 9.17) is 5.73 Å². The van der Waals surface area contributed by atoms with Gasteiger partial charge < -0.3 is 11.1 Å². The largest absolute Gasteiger partial charge is 0.349 e. The smallest absolute Gasteiger partial charge is 0.222 e. The molecular formula is C13H18BrClN2O. The molecule has 0 spiro atoms. The molecule has 0 fully saturated rings. The minimum atomic E-state index is -0.0848. The molecule has 2 rings (SSSR count). The predicted molar refractivity (Wildman–Crippen MR) is 78.9 cm³/mol. The van der Waals surface area contributed by atoms with Gasteiger partial charge in [-0.3, -0.25) is 4.79 Å². The van der Waals surface area contributed by atoms with Crippen molar-refractivity contribution in [2.75, 3.05) is 0 Å². The summed E-state index contributed by atoms with van der Waals surface area (Å²) in [7, 11) is 0. The SMILES string of the molecule is CC(N)CC(=O)NC1CCc2c(Br)cccc21.Cl. The fourth-order valence-corrected chi connectivity index (χ4v) is 2.89. The number of hydrogen-bond acceptors (Lipinski definition) is 2. The van der Waals surface area contributed by atoms with Crippen LogP contribution in [0.1, 0.15) is 36.9 Å². The number of halogens is 2. The molecule has 0 bridgehead atoms. The molecule has 1 aliphatic rings. The fraction of sp³-hybridized carbons (Fsp3) is 0.462. The molecule has 3 nitrogen and oxygen atoms in total. The minimum absolute atomic E-state index is 0. The summed E-state index contributed by atoms with van der Waals surface area (Å²) in [5.74, 6) is 0.0397. The zero-order valence-electron chi connectivity index (χ0n) is 10.3. The van der Waals surface area contributed by atoms with E-state index in [1.807, 2.05) is 19.1 Å². The third kappa shape index (κ3) is 3.46. The van der Waals surface area contributed by atoms with Gasteiger partial charge in [0.05, 0.1) is 6.04 Å². The van der Waals surface area contributed by atoms with Crippen LogP contribution in [0.5, 0.6) is 0 Å². The summed E-state index contributed by atoms with van der Waals surface area (Å²) >= 11 is 3.55. The van der Waals surface area contributed by atoms with Crippen LogP contribution in [0.25, 0.3) is 0 Å². The number of carbonyl (C=O) groups excluding carboxylic acids is 1. The average molecular weight is 334 g/mol. The highest BCUT2D eigenvalue weighted by Gasteiger charge is 2.25. The van der Waals surface area contributed by atoms with Crippen molar-refractivity contribution in [1.82, 2.24) is 5.32 Å². The second-order valence-electron chi connectivity index (χ2n) is 4.65. The molecule has 18 heavy (non-hydrogen) atoms. The Morgan fingerprint density at radius 3 is 3.00 bits per heavy atom. The molecule has 2 unspecified atom stereocenters. The van der Waals surface area contributed by atoms with Crippen molar-refractivity contribution in [2.45, 2.75) is 38.3 Å². The topological polar surface area (TPSA) is 55.1 Å². The first-order chi connectivity index (χ1) is 8.08. The van der Waals surface area contributed by atoms with E-state index in [-0.39, 0.29) is 30.4 Å². The molecule has 5 heteroatoms. The summed E-state index contributed by atoms with van der Waals surface area (Å²) in [4.78, 5) is 11.7. The number of hydrogen-bond donors (Lipinski definition) is 2. The molecule has 0 saturated heterocycles. The monoisotopic (exact) mass is 332 g/mol. The van der Waals surface area contributed by atoms with E-state index in [2.05, 4.69) is 27.3 Å². The molecule has 1 aromatic carbocycles. The normalized spacial score (nSPS) is 18.7. The fourth-order valence-electron chi connectivity index (χ4n) is 2.31. The number of nitrogens with two attached hydrogens (primary N) is 1. The summed E-state index contributed by atoms with van der Waals surface area (Å²) in [6.07, 6.45) is 2.38. The van der Waals surface area contributed by atoms with Crippen LogP contribution in [0.4, 0.5) is 0 Å². The molecule has 0 radical (unpaired) electrons. The second kappa shape index (κ2) is 6.55. The highest BCUT2D eigenvalue weighted by molar-refractivity contribution is 9.10. The van der Waals surface area contributed by atoms with Crippen molar-refractivity contribution in [2.24, 2.45) is 5.73 Å². The van der Waals surface area contributed by atoms with Crippen LogP contribution in [-0.2, 0) is 11.2 Å². The van der Waals surface area contributed by atoms with E-state index in [9.17, 15) is 4.79 Å². The van der Waals surface area contributed by atoms with Crippen molar-refractivity contribution in [1.29, 1.82) is 0 Å². The summed E-state index contributed by atoms with van der Waals surface area (Å²) < 4.78 is 1.14. The lowest BCUT2D eigenvalue weighted by Gasteiger charge is -2.15. The molecular weight excluding hydrogens is 316 g/mol. The van der Waals surface area contributed by atoms with E-state index in [1.54, 1.807) is 0 Å². The molecule has 0 aromatic heterocycles. The van der Waals surface area contributed by atoms with E-state index in [0.717, 1.165) is 17.3 Å². The Morgan fingerprint density at radius 1 is 1.61 bits per heavy atom. The zero-order valence-corrected chi connectivity index (χ0v) is 12.7. The second-order valence-corrected chi connectivity index (χ2v) is 5.50. The molecule has 0 heterocycles. The third-order valence-corrected chi connectivity index (χ3v) is 3.80. The van der Waals surface area contributed by atoms with Crippen molar-refractivity contribution in [3.63, 3.8) is 0 Å². The maximum Gasteiger partial charge on any atom is 0.222 e. The third-order valence-electron chi connectivity index (χ3n) is 3.06. The molecule has 1 amide bonds. The first-order valence-corrected chi connectivity index (χ1v) is 6.69. The number of benzene rings is 1. The highest BCUT2D eigenvalue weighted by Crippen LogP contribution is 2.35. The van der Waals surface area contributed by atoms with Crippen molar-refractivity contribution in [3.05, 3.63) is 33.8 Å². The summed E-state index contributed by atoms with van der Waals surface area (Å²) in [5.41, 5.74) is 8.17. The quantitative estimate of drug-likeness (QED) is 0.893. The molecule has 2 atom stereocenters. The van der Waals surface area contributed by atoms with Crippen LogP contribution in [0, 0.1) is 0 Å². The highest BCUT2D eigenvalue weighted by atomic mass is 79.9. The van der Waals surface area contributed by atoms with Crippen LogP contribution in [0.2, 0.25) is 0 Å². The van der Waals surface area contributed by atoms with Gasteiger partial charge in [0.15, 0.2) is 0 Å². The number of carbonyl (C=O) groups is 1. The van der Waals surface area contributed by atoms with Crippen LogP contribution in [0.15, 0.2) is 22.7 Å². The summed E-state index contributed by atoms with van der Waals surface area (Å²) in [5, 5.41) is 3.05. The van der Waals surface area contributed by atoms with Crippen LogP contribution in [0.3, 0.4) is 0 Å². The summed E-state index contributed by atoms with van der Waals surface area (Å²) in [6, 6.07) is 6.21. The molecule has 1 aliphatic carbocycles. The van der Waals surface area contributed by atoms with Gasteiger partial charge in [-0.1, -0.05) is 28.1 Å². The molecule has 3 N–H and O–H groups in total. The molecule has 100 valence electrons. The van der Waals surface area contributed by atoms with Gasteiger partial charge in [0.1, 0.15) is 0 Å². The first-order valence-electron chi connectivity index (χ1n) is 5.90. The Bertz CT molecular complexity index is 437. The van der Waals surface area contributed by atoms with Gasteiger partial charge in [0, 0.05) is 16.9 Å². The maximum absolute atomic E-state index is 11.7. The Hall–Kier alpha value is -0.580. The van der Waals surface area contributed by atoms with Gasteiger partial charge in [-0.25, -0.2) is 0 Å². The van der Waals surface area contributed by atoms with E-state index in [0.29, 0.717) is 6.42 Å². The van der Waals surface area contributed by atoms with Gasteiger partial charge in [-0.05, 0) is 37.0 Å².